The minimum Gasteiger partial charge on any atom is -0.497 e. The first-order chi connectivity index (χ1) is 12.0. The van der Waals surface area contributed by atoms with Gasteiger partial charge in [0.1, 0.15) is 11.5 Å². The van der Waals surface area contributed by atoms with Crippen LogP contribution in [0.5, 0.6) is 11.5 Å². The number of methoxy groups -OCH3 is 1. The summed E-state index contributed by atoms with van der Waals surface area (Å²) in [4.78, 5) is 0. The molecule has 25 heavy (non-hydrogen) atoms. The van der Waals surface area contributed by atoms with E-state index in [0.717, 1.165) is 17.1 Å². The van der Waals surface area contributed by atoms with Crippen molar-refractivity contribution >= 4 is 0 Å². The molecule has 0 unspecified atom stereocenters. The molecule has 0 aliphatic carbocycles. The lowest BCUT2D eigenvalue weighted by Gasteiger charge is -2.19. The molecule has 1 aromatic heterocycles. The van der Waals surface area contributed by atoms with Crippen LogP contribution in [0.25, 0.3) is 11.5 Å². The third kappa shape index (κ3) is 4.18. The SMILES string of the molecule is COc1cccc(-c2nnc(COc3ccc(C(C)(C)C)cc3)o2)c1. The molecule has 5 nitrogen and oxygen atoms in total. The van der Waals surface area contributed by atoms with Crippen molar-refractivity contribution in [1.82, 2.24) is 10.2 Å². The number of hydrogen-bond acceptors (Lipinski definition) is 5. The van der Waals surface area contributed by atoms with Crippen molar-refractivity contribution in [2.24, 2.45) is 0 Å². The maximum absolute atomic E-state index is 5.73. The molecule has 3 aromatic rings. The number of ether oxygens (including phenoxy) is 2. The third-order valence-electron chi connectivity index (χ3n) is 3.87. The maximum atomic E-state index is 5.73. The molecule has 0 atom stereocenters. The zero-order valence-electron chi connectivity index (χ0n) is 14.9. The van der Waals surface area contributed by atoms with Crippen LogP contribution in [0.15, 0.2) is 52.9 Å². The van der Waals surface area contributed by atoms with E-state index in [1.54, 1.807) is 7.11 Å². The summed E-state index contributed by atoms with van der Waals surface area (Å²) in [5.74, 6) is 2.39. The Labute approximate surface area is 147 Å². The van der Waals surface area contributed by atoms with Gasteiger partial charge in [0.2, 0.25) is 5.89 Å². The summed E-state index contributed by atoms with van der Waals surface area (Å²) in [6.07, 6.45) is 0. The lowest BCUT2D eigenvalue weighted by atomic mass is 9.87. The van der Waals surface area contributed by atoms with Crippen LogP contribution in [0.1, 0.15) is 32.2 Å². The zero-order valence-corrected chi connectivity index (χ0v) is 14.9. The molecule has 0 aliphatic rings. The molecule has 3 rings (SSSR count). The normalized spacial score (nSPS) is 11.4. The monoisotopic (exact) mass is 338 g/mol. The first-order valence-corrected chi connectivity index (χ1v) is 8.16. The van der Waals surface area contributed by atoms with Crippen LogP contribution in [-0.4, -0.2) is 17.3 Å². The van der Waals surface area contributed by atoms with Gasteiger partial charge in [0.15, 0.2) is 6.61 Å². The largest absolute Gasteiger partial charge is 0.497 e. The first kappa shape index (κ1) is 17.0. The third-order valence-corrected chi connectivity index (χ3v) is 3.87. The summed E-state index contributed by atoms with van der Waals surface area (Å²) in [5.41, 5.74) is 2.20. The van der Waals surface area contributed by atoms with E-state index in [1.165, 1.54) is 5.56 Å². The van der Waals surface area contributed by atoms with Gasteiger partial charge in [0, 0.05) is 5.56 Å². The average Bonchev–Trinajstić information content (AvgIpc) is 3.09. The lowest BCUT2D eigenvalue weighted by molar-refractivity contribution is 0.264. The summed E-state index contributed by atoms with van der Waals surface area (Å²) in [5, 5.41) is 8.11. The Morgan fingerprint density at radius 3 is 2.40 bits per heavy atom. The van der Waals surface area contributed by atoms with E-state index in [4.69, 9.17) is 13.9 Å². The molecule has 2 aromatic carbocycles. The summed E-state index contributed by atoms with van der Waals surface area (Å²) in [6.45, 7) is 6.77. The van der Waals surface area contributed by atoms with Crippen molar-refractivity contribution in [3.05, 3.63) is 60.0 Å². The van der Waals surface area contributed by atoms with Gasteiger partial charge in [-0.25, -0.2) is 0 Å². The molecule has 0 saturated carbocycles. The van der Waals surface area contributed by atoms with Crippen molar-refractivity contribution < 1.29 is 13.9 Å². The molecule has 0 fully saturated rings. The van der Waals surface area contributed by atoms with E-state index in [-0.39, 0.29) is 12.0 Å². The van der Waals surface area contributed by atoms with E-state index in [2.05, 4.69) is 43.1 Å². The molecule has 0 aliphatic heterocycles. The summed E-state index contributed by atoms with van der Waals surface area (Å²) >= 11 is 0. The van der Waals surface area contributed by atoms with Crippen LogP contribution < -0.4 is 9.47 Å². The Bertz CT molecular complexity index is 833. The van der Waals surface area contributed by atoms with Crippen LogP contribution >= 0.6 is 0 Å². The standard InChI is InChI=1S/C20H22N2O3/c1-20(2,3)15-8-10-16(11-9-15)24-13-18-21-22-19(25-18)14-6-5-7-17(12-14)23-4/h5-12H,13H2,1-4H3. The smallest absolute Gasteiger partial charge is 0.254 e. The Morgan fingerprint density at radius 2 is 1.72 bits per heavy atom. The molecule has 0 amide bonds. The number of rotatable bonds is 5. The molecule has 130 valence electrons. The predicted octanol–water partition coefficient (Wildman–Crippen LogP) is 4.62. The zero-order chi connectivity index (χ0) is 17.9. The molecule has 0 N–H and O–H groups in total. The minimum atomic E-state index is 0.122. The number of hydrogen-bond donors (Lipinski definition) is 0. The minimum absolute atomic E-state index is 0.122. The van der Waals surface area contributed by atoms with Gasteiger partial charge >= 0.3 is 0 Å². The predicted molar refractivity (Wildman–Crippen MR) is 95.8 cm³/mol. The Kier molecular flexibility index (Phi) is 4.74. The van der Waals surface area contributed by atoms with E-state index in [1.807, 2.05) is 36.4 Å². The van der Waals surface area contributed by atoms with Gasteiger partial charge in [-0.3, -0.25) is 0 Å². The fourth-order valence-corrected chi connectivity index (χ4v) is 2.38. The fraction of sp³-hybridized carbons (Fsp3) is 0.300. The van der Waals surface area contributed by atoms with Crippen LogP contribution in [0.2, 0.25) is 0 Å². The van der Waals surface area contributed by atoms with E-state index < -0.39 is 0 Å². The van der Waals surface area contributed by atoms with Crippen molar-refractivity contribution in [2.45, 2.75) is 32.8 Å². The van der Waals surface area contributed by atoms with Crippen molar-refractivity contribution in [2.75, 3.05) is 7.11 Å². The van der Waals surface area contributed by atoms with E-state index in [9.17, 15) is 0 Å². The highest BCUT2D eigenvalue weighted by atomic mass is 16.5. The Balaban J connectivity index is 1.65. The fourth-order valence-electron chi connectivity index (χ4n) is 2.38. The Hall–Kier alpha value is -2.82. The number of benzene rings is 2. The second kappa shape index (κ2) is 6.97. The molecular weight excluding hydrogens is 316 g/mol. The van der Waals surface area contributed by atoms with E-state index >= 15 is 0 Å². The highest BCUT2D eigenvalue weighted by Gasteiger charge is 2.13. The number of aromatic nitrogens is 2. The Morgan fingerprint density at radius 1 is 0.960 bits per heavy atom. The quantitative estimate of drug-likeness (QED) is 0.679. The lowest BCUT2D eigenvalue weighted by Crippen LogP contribution is -2.10. The first-order valence-electron chi connectivity index (χ1n) is 8.16. The highest BCUT2D eigenvalue weighted by molar-refractivity contribution is 5.55. The van der Waals surface area contributed by atoms with Gasteiger partial charge < -0.3 is 13.9 Å². The second-order valence-corrected chi connectivity index (χ2v) is 6.80. The van der Waals surface area contributed by atoms with Gasteiger partial charge in [-0.1, -0.05) is 39.0 Å². The van der Waals surface area contributed by atoms with Crippen LogP contribution in [0.3, 0.4) is 0 Å². The van der Waals surface area contributed by atoms with Gasteiger partial charge in [-0.2, -0.15) is 0 Å². The molecule has 0 saturated heterocycles. The number of nitrogens with zero attached hydrogens (tertiary/aromatic N) is 2. The van der Waals surface area contributed by atoms with Crippen molar-refractivity contribution in [3.63, 3.8) is 0 Å². The highest BCUT2D eigenvalue weighted by Crippen LogP contribution is 2.25. The van der Waals surface area contributed by atoms with Crippen LogP contribution in [-0.2, 0) is 12.0 Å². The molecular formula is C20H22N2O3. The van der Waals surface area contributed by atoms with Gasteiger partial charge in [-0.15, -0.1) is 10.2 Å². The van der Waals surface area contributed by atoms with E-state index in [0.29, 0.717) is 11.8 Å². The van der Waals surface area contributed by atoms with Gasteiger partial charge in [0.05, 0.1) is 7.11 Å². The summed E-state index contributed by atoms with van der Waals surface area (Å²) < 4.78 is 16.6. The summed E-state index contributed by atoms with van der Waals surface area (Å²) in [7, 11) is 1.62. The van der Waals surface area contributed by atoms with Gasteiger partial charge in [-0.05, 0) is 41.3 Å². The van der Waals surface area contributed by atoms with Crippen LogP contribution in [0.4, 0.5) is 0 Å². The van der Waals surface area contributed by atoms with Crippen molar-refractivity contribution in [3.8, 4) is 23.0 Å². The second-order valence-electron chi connectivity index (χ2n) is 6.80. The molecule has 1 heterocycles. The molecule has 0 spiro atoms. The average molecular weight is 338 g/mol. The molecule has 0 radical (unpaired) electrons. The maximum Gasteiger partial charge on any atom is 0.254 e. The summed E-state index contributed by atoms with van der Waals surface area (Å²) in [6, 6.07) is 15.6. The van der Waals surface area contributed by atoms with Crippen LogP contribution in [0, 0.1) is 0 Å². The topological polar surface area (TPSA) is 57.4 Å². The van der Waals surface area contributed by atoms with Crippen molar-refractivity contribution in [1.29, 1.82) is 0 Å². The van der Waals surface area contributed by atoms with Gasteiger partial charge in [0.25, 0.3) is 5.89 Å². The molecule has 5 heteroatoms. The molecule has 0 bridgehead atoms.